The molecule has 1 saturated heterocycles. The van der Waals surface area contributed by atoms with Gasteiger partial charge in [-0.15, -0.1) is 0 Å². The van der Waals surface area contributed by atoms with Crippen molar-refractivity contribution in [1.29, 1.82) is 0 Å². The molecule has 0 bridgehead atoms. The van der Waals surface area contributed by atoms with E-state index in [2.05, 4.69) is 12.8 Å². The predicted octanol–water partition coefficient (Wildman–Crippen LogP) is 0.0723. The van der Waals surface area contributed by atoms with Crippen molar-refractivity contribution in [3.05, 3.63) is 6.42 Å². The van der Waals surface area contributed by atoms with Crippen LogP contribution in [0.4, 0.5) is 0 Å². The van der Waals surface area contributed by atoms with Crippen molar-refractivity contribution in [2.45, 2.75) is 64.3 Å². The largest absolute Gasteiger partial charge is 1.00 e. The summed E-state index contributed by atoms with van der Waals surface area (Å²) < 4.78 is 11.1. The van der Waals surface area contributed by atoms with Gasteiger partial charge in [-0.25, -0.2) is 0 Å². The van der Waals surface area contributed by atoms with Gasteiger partial charge in [0.2, 0.25) is 0 Å². The van der Waals surface area contributed by atoms with Crippen LogP contribution in [0, 0.1) is 12.3 Å². The Bertz CT molecular complexity index is 195. The molecule has 1 heterocycles. The maximum Gasteiger partial charge on any atom is 1.00 e. The van der Waals surface area contributed by atoms with Gasteiger partial charge in [-0.2, -0.15) is 0 Å². The van der Waals surface area contributed by atoms with Crippen LogP contribution in [0.3, 0.4) is 0 Å². The number of rotatable bonds is 6. The Kier molecular flexibility index (Phi) is 10.3. The fraction of sp³-hybridized carbons (Fsp3) is 0.846. The van der Waals surface area contributed by atoms with Gasteiger partial charge in [-0.05, 0) is 32.1 Å². The van der Waals surface area contributed by atoms with Crippen LogP contribution < -0.4 is 18.9 Å². The van der Waals surface area contributed by atoms with E-state index in [1.165, 1.54) is 19.3 Å². The van der Waals surface area contributed by atoms with E-state index in [1.807, 2.05) is 0 Å². The molecule has 0 aromatic carbocycles. The van der Waals surface area contributed by atoms with Crippen molar-refractivity contribution in [2.24, 2.45) is 0 Å². The van der Waals surface area contributed by atoms with Crippen LogP contribution >= 0.6 is 0 Å². The van der Waals surface area contributed by atoms with Crippen LogP contribution in [0.25, 0.3) is 0 Å². The normalized spacial score (nSPS) is 21.9. The summed E-state index contributed by atoms with van der Waals surface area (Å²) >= 11 is 0. The minimum absolute atomic E-state index is 0. The minimum atomic E-state index is -0.167. The van der Waals surface area contributed by atoms with Gasteiger partial charge in [0.25, 0.3) is 0 Å². The number of hydrogen-bond acceptors (Lipinski definition) is 2. The first kappa shape index (κ1) is 16.1. The molecule has 16 heavy (non-hydrogen) atoms. The topological polar surface area (TPSA) is 18.5 Å². The average Bonchev–Trinajstić information content (AvgIpc) is 2.29. The van der Waals surface area contributed by atoms with E-state index in [0.29, 0.717) is 0 Å². The van der Waals surface area contributed by atoms with Gasteiger partial charge in [-0.3, -0.25) is 0 Å². The van der Waals surface area contributed by atoms with Crippen LogP contribution in [0.15, 0.2) is 0 Å². The zero-order valence-electron chi connectivity index (χ0n) is 10.6. The molecule has 0 aromatic rings. The first-order valence-electron chi connectivity index (χ1n) is 6.06. The second-order valence-corrected chi connectivity index (χ2v) is 4.06. The molecule has 0 aliphatic carbocycles. The maximum atomic E-state index is 7.18. The summed E-state index contributed by atoms with van der Waals surface area (Å²) in [5.74, 6) is 2.46. The minimum Gasteiger partial charge on any atom is -0.691 e. The van der Waals surface area contributed by atoms with E-state index in [-0.39, 0.29) is 31.3 Å². The van der Waals surface area contributed by atoms with Crippen LogP contribution in [-0.4, -0.2) is 19.0 Å². The SMILES string of the molecule is [C-]#CC(CCCCC)OC1CCCCO1.[Li+]. The van der Waals surface area contributed by atoms with E-state index >= 15 is 0 Å². The van der Waals surface area contributed by atoms with Gasteiger partial charge >= 0.3 is 18.9 Å². The summed E-state index contributed by atoms with van der Waals surface area (Å²) in [6.07, 6.45) is 14.6. The number of hydrogen-bond donors (Lipinski definition) is 0. The molecule has 0 saturated carbocycles. The van der Waals surface area contributed by atoms with Crippen molar-refractivity contribution in [2.75, 3.05) is 6.61 Å². The van der Waals surface area contributed by atoms with Gasteiger partial charge in [0, 0.05) is 6.61 Å². The summed E-state index contributed by atoms with van der Waals surface area (Å²) in [5, 5.41) is 0. The summed E-state index contributed by atoms with van der Waals surface area (Å²) in [5.41, 5.74) is 0. The van der Waals surface area contributed by atoms with Crippen LogP contribution in [-0.2, 0) is 9.47 Å². The first-order valence-corrected chi connectivity index (χ1v) is 6.06. The third-order valence-corrected chi connectivity index (χ3v) is 2.68. The van der Waals surface area contributed by atoms with Crippen molar-refractivity contribution < 1.29 is 28.3 Å². The third-order valence-electron chi connectivity index (χ3n) is 2.68. The van der Waals surface area contributed by atoms with E-state index in [0.717, 1.165) is 32.3 Å². The molecule has 2 nitrogen and oxygen atoms in total. The zero-order valence-corrected chi connectivity index (χ0v) is 10.6. The Labute approximate surface area is 112 Å². The molecule has 1 aliphatic heterocycles. The molecule has 3 heteroatoms. The van der Waals surface area contributed by atoms with E-state index in [9.17, 15) is 0 Å². The molecule has 1 fully saturated rings. The Morgan fingerprint density at radius 2 is 2.25 bits per heavy atom. The van der Waals surface area contributed by atoms with Gasteiger partial charge in [0.05, 0.1) is 6.10 Å². The number of ether oxygens (including phenoxy) is 2. The molecular formula is C13H21LiO2. The Morgan fingerprint density at radius 3 is 2.81 bits per heavy atom. The van der Waals surface area contributed by atoms with Gasteiger partial charge in [0.15, 0.2) is 6.29 Å². The van der Waals surface area contributed by atoms with E-state index in [4.69, 9.17) is 15.9 Å². The molecule has 1 rings (SSSR count). The zero-order chi connectivity index (χ0) is 10.9. The molecule has 1 aliphatic rings. The predicted molar refractivity (Wildman–Crippen MR) is 59.7 cm³/mol. The summed E-state index contributed by atoms with van der Waals surface area (Å²) in [7, 11) is 0. The molecule has 0 amide bonds. The van der Waals surface area contributed by atoms with Crippen molar-refractivity contribution >= 4 is 0 Å². The molecule has 0 spiro atoms. The first-order chi connectivity index (χ1) is 7.36. The van der Waals surface area contributed by atoms with Gasteiger partial charge < -0.3 is 21.8 Å². The van der Waals surface area contributed by atoms with E-state index in [1.54, 1.807) is 0 Å². The standard InChI is InChI=1S/C13H21O2.Li/c1-3-5-6-9-12(4-2)15-13-10-7-8-11-14-13;/h12-13H,3,5-11H2,1H3;/q-1;+1. The molecule has 2 unspecified atom stereocenters. The van der Waals surface area contributed by atoms with Crippen LogP contribution in [0.1, 0.15) is 51.9 Å². The van der Waals surface area contributed by atoms with Crippen LogP contribution in [0.5, 0.6) is 0 Å². The fourth-order valence-corrected chi connectivity index (χ4v) is 1.76. The van der Waals surface area contributed by atoms with Crippen molar-refractivity contribution in [3.8, 4) is 5.92 Å². The fourth-order valence-electron chi connectivity index (χ4n) is 1.76. The maximum absolute atomic E-state index is 7.18. The van der Waals surface area contributed by atoms with Crippen LogP contribution in [0.2, 0.25) is 0 Å². The van der Waals surface area contributed by atoms with Crippen molar-refractivity contribution in [1.82, 2.24) is 0 Å². The summed E-state index contributed by atoms with van der Waals surface area (Å²) in [4.78, 5) is 0. The third kappa shape index (κ3) is 6.61. The second kappa shape index (κ2) is 10.2. The van der Waals surface area contributed by atoms with Gasteiger partial charge in [0.1, 0.15) is 0 Å². The van der Waals surface area contributed by atoms with Crippen molar-refractivity contribution in [3.63, 3.8) is 0 Å². The molecular weight excluding hydrogens is 195 g/mol. The second-order valence-electron chi connectivity index (χ2n) is 4.06. The molecule has 0 radical (unpaired) electrons. The van der Waals surface area contributed by atoms with Gasteiger partial charge in [-0.1, -0.05) is 19.8 Å². The average molecular weight is 216 g/mol. The smallest absolute Gasteiger partial charge is 0.691 e. The quantitative estimate of drug-likeness (QED) is 0.271. The summed E-state index contributed by atoms with van der Waals surface area (Å²) in [6, 6.07) is 0. The number of unbranched alkanes of at least 4 members (excludes halogenated alkanes) is 2. The molecule has 0 N–H and O–H groups in total. The Morgan fingerprint density at radius 1 is 1.44 bits per heavy atom. The molecule has 2 atom stereocenters. The Hall–Kier alpha value is 0.0774. The Balaban J connectivity index is 0.00000225. The van der Waals surface area contributed by atoms with E-state index < -0.39 is 0 Å². The molecule has 0 aromatic heterocycles. The summed E-state index contributed by atoms with van der Waals surface area (Å²) in [6.45, 7) is 2.97. The monoisotopic (exact) mass is 216 g/mol. The molecule has 86 valence electrons.